The van der Waals surface area contributed by atoms with Gasteiger partial charge in [-0.3, -0.25) is 4.18 Å². The van der Waals surface area contributed by atoms with Crippen molar-refractivity contribution >= 4 is 10.3 Å². The highest BCUT2D eigenvalue weighted by atomic mass is 32.2. The van der Waals surface area contributed by atoms with Gasteiger partial charge >= 0.3 is 10.3 Å². The van der Waals surface area contributed by atoms with Gasteiger partial charge in [-0.1, -0.05) is 13.3 Å². The van der Waals surface area contributed by atoms with Crippen molar-refractivity contribution in [2.75, 3.05) is 0 Å². The molecule has 1 saturated heterocycles. The summed E-state index contributed by atoms with van der Waals surface area (Å²) in [6.07, 6.45) is 2.31. The third-order valence-corrected chi connectivity index (χ3v) is 3.34. The van der Waals surface area contributed by atoms with Crippen molar-refractivity contribution in [1.29, 1.82) is 0 Å². The molecule has 1 heterocycles. The first-order chi connectivity index (χ1) is 5.85. The van der Waals surface area contributed by atoms with Gasteiger partial charge < -0.3 is 0 Å². The van der Waals surface area contributed by atoms with Gasteiger partial charge in [-0.15, -0.1) is 0 Å². The Morgan fingerprint density at radius 2 is 2.15 bits per heavy atom. The molecule has 5 heteroatoms. The molecule has 1 atom stereocenters. The Labute approximate surface area is 79.9 Å². The van der Waals surface area contributed by atoms with Crippen LogP contribution >= 0.6 is 0 Å². The average Bonchev–Trinajstić information content (AvgIpc) is 1.78. The van der Waals surface area contributed by atoms with E-state index in [2.05, 4.69) is 4.72 Å². The van der Waals surface area contributed by atoms with E-state index in [1.807, 2.05) is 20.8 Å². The molecule has 1 N–H and O–H groups in total. The van der Waals surface area contributed by atoms with Crippen LogP contribution in [0, 0.1) is 0 Å². The summed E-state index contributed by atoms with van der Waals surface area (Å²) in [5.74, 6) is 0. The molecule has 0 aromatic carbocycles. The normalized spacial score (nSPS) is 31.5. The van der Waals surface area contributed by atoms with Crippen LogP contribution in [0.4, 0.5) is 0 Å². The maximum Gasteiger partial charge on any atom is 0.336 e. The predicted octanol–water partition coefficient (Wildman–Crippen LogP) is 1.19. The summed E-state index contributed by atoms with van der Waals surface area (Å²) in [6.45, 7) is 5.76. The third-order valence-electron chi connectivity index (χ3n) is 2.01. The molecule has 4 nitrogen and oxygen atoms in total. The van der Waals surface area contributed by atoms with E-state index in [0.29, 0.717) is 0 Å². The Morgan fingerprint density at radius 1 is 1.54 bits per heavy atom. The SMILES string of the molecule is CCCC1CC(C)(C)NS(=O)(=O)O1. The van der Waals surface area contributed by atoms with Gasteiger partial charge in [-0.05, 0) is 26.7 Å². The average molecular weight is 207 g/mol. The van der Waals surface area contributed by atoms with Crippen LogP contribution in [0.2, 0.25) is 0 Å². The van der Waals surface area contributed by atoms with Crippen molar-refractivity contribution in [3.8, 4) is 0 Å². The van der Waals surface area contributed by atoms with Crippen LogP contribution in [-0.4, -0.2) is 20.1 Å². The van der Waals surface area contributed by atoms with Crippen LogP contribution in [0.15, 0.2) is 0 Å². The first-order valence-electron chi connectivity index (χ1n) is 4.57. The van der Waals surface area contributed by atoms with Gasteiger partial charge in [0.1, 0.15) is 0 Å². The number of rotatable bonds is 2. The second-order valence-electron chi connectivity index (χ2n) is 4.15. The highest BCUT2D eigenvalue weighted by Gasteiger charge is 2.36. The van der Waals surface area contributed by atoms with Gasteiger partial charge in [-0.25, -0.2) is 0 Å². The molecule has 0 aromatic heterocycles. The molecule has 0 bridgehead atoms. The fourth-order valence-electron chi connectivity index (χ4n) is 1.66. The molecular formula is C8H17NO3S. The summed E-state index contributed by atoms with van der Waals surface area (Å²) in [6, 6.07) is 0. The zero-order valence-corrected chi connectivity index (χ0v) is 9.15. The fourth-order valence-corrected chi connectivity index (χ4v) is 2.99. The van der Waals surface area contributed by atoms with Gasteiger partial charge in [0.15, 0.2) is 0 Å². The van der Waals surface area contributed by atoms with Crippen LogP contribution in [0.25, 0.3) is 0 Å². The largest absolute Gasteiger partial charge is 0.336 e. The predicted molar refractivity (Wildman–Crippen MR) is 50.5 cm³/mol. The molecule has 1 unspecified atom stereocenters. The molecule has 1 rings (SSSR count). The summed E-state index contributed by atoms with van der Waals surface area (Å²) in [4.78, 5) is 0. The first-order valence-corrected chi connectivity index (χ1v) is 5.98. The lowest BCUT2D eigenvalue weighted by Gasteiger charge is -2.35. The second kappa shape index (κ2) is 3.55. The van der Waals surface area contributed by atoms with Crippen molar-refractivity contribution in [2.24, 2.45) is 0 Å². The van der Waals surface area contributed by atoms with E-state index in [1.165, 1.54) is 0 Å². The zero-order chi connectivity index (χ0) is 10.1. The van der Waals surface area contributed by atoms with Gasteiger partial charge in [0.05, 0.1) is 6.10 Å². The smallest absolute Gasteiger partial charge is 0.255 e. The van der Waals surface area contributed by atoms with Crippen molar-refractivity contribution < 1.29 is 12.6 Å². The first kappa shape index (κ1) is 10.9. The Bertz CT molecular complexity index is 271. The van der Waals surface area contributed by atoms with Crippen molar-refractivity contribution in [3.05, 3.63) is 0 Å². The molecule has 0 amide bonds. The minimum Gasteiger partial charge on any atom is -0.255 e. The Balaban J connectivity index is 2.72. The molecule has 0 aromatic rings. The van der Waals surface area contributed by atoms with Crippen LogP contribution in [0.1, 0.15) is 40.0 Å². The van der Waals surface area contributed by atoms with Gasteiger partial charge in [0.2, 0.25) is 0 Å². The van der Waals surface area contributed by atoms with Gasteiger partial charge in [0, 0.05) is 5.54 Å². The minimum atomic E-state index is -3.51. The summed E-state index contributed by atoms with van der Waals surface area (Å²) >= 11 is 0. The van der Waals surface area contributed by atoms with E-state index in [9.17, 15) is 8.42 Å². The van der Waals surface area contributed by atoms with E-state index < -0.39 is 10.3 Å². The molecule has 1 aliphatic rings. The van der Waals surface area contributed by atoms with E-state index in [1.54, 1.807) is 0 Å². The second-order valence-corrected chi connectivity index (χ2v) is 5.46. The van der Waals surface area contributed by atoms with Crippen LogP contribution < -0.4 is 4.72 Å². The maximum absolute atomic E-state index is 11.2. The summed E-state index contributed by atoms with van der Waals surface area (Å²) in [5.41, 5.74) is -0.378. The van der Waals surface area contributed by atoms with Crippen LogP contribution in [0.3, 0.4) is 0 Å². The summed E-state index contributed by atoms with van der Waals surface area (Å²) in [5, 5.41) is 0. The Kier molecular flexibility index (Phi) is 2.99. The highest BCUT2D eigenvalue weighted by molar-refractivity contribution is 7.84. The fraction of sp³-hybridized carbons (Fsp3) is 1.00. The minimum absolute atomic E-state index is 0.161. The standard InChI is InChI=1S/C8H17NO3S/c1-4-5-7-6-8(2,3)9-13(10,11)12-7/h7,9H,4-6H2,1-3H3. The van der Waals surface area contributed by atoms with Gasteiger partial charge in [0.25, 0.3) is 0 Å². The van der Waals surface area contributed by atoms with Crippen molar-refractivity contribution in [1.82, 2.24) is 4.72 Å². The Morgan fingerprint density at radius 3 is 2.62 bits per heavy atom. The highest BCUT2D eigenvalue weighted by Crippen LogP contribution is 2.24. The van der Waals surface area contributed by atoms with Crippen molar-refractivity contribution in [2.45, 2.75) is 51.7 Å². The molecular weight excluding hydrogens is 190 g/mol. The van der Waals surface area contributed by atoms with E-state index in [0.717, 1.165) is 19.3 Å². The Hall–Kier alpha value is -0.130. The monoisotopic (exact) mass is 207 g/mol. The van der Waals surface area contributed by atoms with Crippen LogP contribution in [0.5, 0.6) is 0 Å². The molecule has 1 aliphatic heterocycles. The van der Waals surface area contributed by atoms with Crippen molar-refractivity contribution in [3.63, 3.8) is 0 Å². The van der Waals surface area contributed by atoms with E-state index in [4.69, 9.17) is 4.18 Å². The molecule has 78 valence electrons. The lowest BCUT2D eigenvalue weighted by molar-refractivity contribution is 0.123. The quantitative estimate of drug-likeness (QED) is 0.740. The lowest BCUT2D eigenvalue weighted by atomic mass is 9.96. The molecule has 0 spiro atoms. The molecule has 0 saturated carbocycles. The number of hydrogen-bond acceptors (Lipinski definition) is 3. The van der Waals surface area contributed by atoms with Crippen LogP contribution in [-0.2, 0) is 14.5 Å². The lowest BCUT2D eigenvalue weighted by Crippen LogP contribution is -2.52. The number of hydrogen-bond donors (Lipinski definition) is 1. The van der Waals surface area contributed by atoms with E-state index in [-0.39, 0.29) is 11.6 Å². The summed E-state index contributed by atoms with van der Waals surface area (Å²) in [7, 11) is -3.51. The summed E-state index contributed by atoms with van der Waals surface area (Å²) < 4.78 is 29.8. The molecule has 1 fully saturated rings. The van der Waals surface area contributed by atoms with Gasteiger partial charge in [-0.2, -0.15) is 13.1 Å². The molecule has 0 aliphatic carbocycles. The maximum atomic E-state index is 11.2. The zero-order valence-electron chi connectivity index (χ0n) is 8.33. The topological polar surface area (TPSA) is 55.4 Å². The molecule has 13 heavy (non-hydrogen) atoms. The third kappa shape index (κ3) is 3.25. The molecule has 0 radical (unpaired) electrons. The van der Waals surface area contributed by atoms with E-state index >= 15 is 0 Å². The number of nitrogens with one attached hydrogen (secondary N) is 1.